The van der Waals surface area contributed by atoms with Crippen molar-refractivity contribution in [2.45, 2.75) is 13.0 Å². The van der Waals surface area contributed by atoms with Crippen LogP contribution in [0.2, 0.25) is 0 Å². The molecule has 0 fully saturated rings. The van der Waals surface area contributed by atoms with Crippen LogP contribution in [0.3, 0.4) is 0 Å². The molecule has 1 N–H and O–H groups in total. The zero-order valence-electron chi connectivity index (χ0n) is 17.1. The van der Waals surface area contributed by atoms with Gasteiger partial charge in [-0.1, -0.05) is 36.4 Å². The van der Waals surface area contributed by atoms with Crippen molar-refractivity contribution in [1.29, 1.82) is 0 Å². The minimum absolute atomic E-state index is 0.296. The van der Waals surface area contributed by atoms with Gasteiger partial charge in [0.1, 0.15) is 22.7 Å². The molecule has 31 heavy (non-hydrogen) atoms. The summed E-state index contributed by atoms with van der Waals surface area (Å²) in [5.41, 5.74) is 1.77. The molecule has 0 radical (unpaired) electrons. The van der Waals surface area contributed by atoms with Gasteiger partial charge in [-0.15, -0.1) is 0 Å². The van der Waals surface area contributed by atoms with E-state index in [1.54, 1.807) is 36.4 Å². The van der Waals surface area contributed by atoms with Crippen LogP contribution in [0, 0.1) is 0 Å². The number of benzene rings is 3. The predicted octanol–water partition coefficient (Wildman–Crippen LogP) is 4.54. The Hall–Kier alpha value is -4.00. The molecule has 158 valence electrons. The third-order valence-corrected chi connectivity index (χ3v) is 4.73. The molecule has 1 atom stereocenters. The van der Waals surface area contributed by atoms with Gasteiger partial charge in [0.25, 0.3) is 5.91 Å². The third-order valence-electron chi connectivity index (χ3n) is 4.73. The Labute approximate surface area is 178 Å². The number of rotatable bonds is 7. The molecule has 3 aromatic carbocycles. The molecule has 0 unspecified atom stereocenters. The van der Waals surface area contributed by atoms with Crippen molar-refractivity contribution in [3.63, 3.8) is 0 Å². The quantitative estimate of drug-likeness (QED) is 0.443. The van der Waals surface area contributed by atoms with Gasteiger partial charge in [0, 0.05) is 16.8 Å². The maximum Gasteiger partial charge on any atom is 0.344 e. The van der Waals surface area contributed by atoms with Crippen LogP contribution in [-0.2, 0) is 14.3 Å². The molecule has 0 bridgehead atoms. The lowest BCUT2D eigenvalue weighted by Crippen LogP contribution is -2.31. The highest BCUT2D eigenvalue weighted by Crippen LogP contribution is 2.36. The lowest BCUT2D eigenvalue weighted by molar-refractivity contribution is -0.155. The Morgan fingerprint density at radius 1 is 0.968 bits per heavy atom. The van der Waals surface area contributed by atoms with Gasteiger partial charge < -0.3 is 23.9 Å². The highest BCUT2D eigenvalue weighted by molar-refractivity contribution is 6.08. The number of para-hydroxylation sites is 2. The van der Waals surface area contributed by atoms with Crippen molar-refractivity contribution in [3.8, 4) is 11.5 Å². The molecule has 0 spiro atoms. The van der Waals surface area contributed by atoms with Gasteiger partial charge in [-0.05, 0) is 31.2 Å². The molecule has 4 aromatic rings. The molecule has 1 amide bonds. The van der Waals surface area contributed by atoms with Crippen molar-refractivity contribution >= 4 is 39.5 Å². The maximum absolute atomic E-state index is 12.6. The standard InChI is InChI=1S/C24H21NO6/c1-15(30-23(26)14-29-16-8-4-3-5-9-16)24(27)25-19-13-21-18(12-22(19)28-2)17-10-6-7-11-20(17)31-21/h3-13,15H,14H2,1-2H3,(H,25,27)/t15-/m0/s1. The molecule has 7 heteroatoms. The van der Waals surface area contributed by atoms with E-state index in [-0.39, 0.29) is 6.61 Å². The van der Waals surface area contributed by atoms with E-state index in [2.05, 4.69) is 5.32 Å². The Bertz CT molecular complexity index is 1230. The van der Waals surface area contributed by atoms with Crippen LogP contribution < -0.4 is 14.8 Å². The Balaban J connectivity index is 1.44. The first-order valence-electron chi connectivity index (χ1n) is 9.72. The van der Waals surface area contributed by atoms with Gasteiger partial charge in [-0.3, -0.25) is 4.79 Å². The van der Waals surface area contributed by atoms with Crippen LogP contribution in [0.1, 0.15) is 6.92 Å². The summed E-state index contributed by atoms with van der Waals surface area (Å²) in [7, 11) is 1.52. The van der Waals surface area contributed by atoms with Crippen LogP contribution in [0.15, 0.2) is 71.1 Å². The number of nitrogens with one attached hydrogen (secondary N) is 1. The molecule has 0 aliphatic rings. The number of hydrogen-bond acceptors (Lipinski definition) is 6. The average Bonchev–Trinajstić information content (AvgIpc) is 3.15. The largest absolute Gasteiger partial charge is 0.495 e. The topological polar surface area (TPSA) is 87.0 Å². The second-order valence-corrected chi connectivity index (χ2v) is 6.87. The Morgan fingerprint density at radius 2 is 1.71 bits per heavy atom. The minimum Gasteiger partial charge on any atom is -0.495 e. The van der Waals surface area contributed by atoms with E-state index in [0.717, 1.165) is 16.4 Å². The fourth-order valence-corrected chi connectivity index (χ4v) is 3.20. The van der Waals surface area contributed by atoms with Crippen LogP contribution in [0.4, 0.5) is 5.69 Å². The highest BCUT2D eigenvalue weighted by Gasteiger charge is 2.21. The summed E-state index contributed by atoms with van der Waals surface area (Å²) in [6.45, 7) is 1.19. The summed E-state index contributed by atoms with van der Waals surface area (Å²) in [5, 5.41) is 4.57. The molecule has 1 heterocycles. The molecule has 0 saturated heterocycles. The lowest BCUT2D eigenvalue weighted by atomic mass is 10.1. The molecule has 0 saturated carbocycles. The predicted molar refractivity (Wildman–Crippen MR) is 116 cm³/mol. The van der Waals surface area contributed by atoms with E-state index >= 15 is 0 Å². The zero-order valence-corrected chi connectivity index (χ0v) is 17.1. The average molecular weight is 419 g/mol. The number of esters is 1. The SMILES string of the molecule is COc1cc2c(cc1NC(=O)[C@H](C)OC(=O)COc1ccccc1)oc1ccccc12. The number of amides is 1. The summed E-state index contributed by atoms with van der Waals surface area (Å²) in [5.74, 6) is -0.133. The third kappa shape index (κ3) is 4.45. The maximum atomic E-state index is 12.6. The van der Waals surface area contributed by atoms with Crippen LogP contribution in [0.25, 0.3) is 21.9 Å². The van der Waals surface area contributed by atoms with Crippen LogP contribution >= 0.6 is 0 Å². The van der Waals surface area contributed by atoms with E-state index in [1.807, 2.05) is 30.3 Å². The first kappa shape index (κ1) is 20.3. The first-order chi connectivity index (χ1) is 15.0. The number of furan rings is 1. The monoisotopic (exact) mass is 419 g/mol. The highest BCUT2D eigenvalue weighted by atomic mass is 16.6. The molecule has 0 aliphatic carbocycles. The second-order valence-electron chi connectivity index (χ2n) is 6.87. The second kappa shape index (κ2) is 8.79. The van der Waals surface area contributed by atoms with Gasteiger partial charge in [-0.2, -0.15) is 0 Å². The van der Waals surface area contributed by atoms with Gasteiger partial charge >= 0.3 is 5.97 Å². The Morgan fingerprint density at radius 3 is 2.48 bits per heavy atom. The van der Waals surface area contributed by atoms with Crippen molar-refractivity contribution in [3.05, 3.63) is 66.7 Å². The summed E-state index contributed by atoms with van der Waals surface area (Å²) < 4.78 is 21.8. The number of hydrogen-bond donors (Lipinski definition) is 1. The van der Waals surface area contributed by atoms with Crippen molar-refractivity contribution in [2.75, 3.05) is 19.0 Å². The summed E-state index contributed by atoms with van der Waals surface area (Å²) in [6, 6.07) is 20.0. The van der Waals surface area contributed by atoms with E-state index in [9.17, 15) is 9.59 Å². The fraction of sp³-hybridized carbons (Fsp3) is 0.167. The number of anilines is 1. The van der Waals surface area contributed by atoms with Crippen molar-refractivity contribution in [1.82, 2.24) is 0 Å². The molecule has 0 aliphatic heterocycles. The van der Waals surface area contributed by atoms with E-state index in [4.69, 9.17) is 18.6 Å². The summed E-state index contributed by atoms with van der Waals surface area (Å²) >= 11 is 0. The van der Waals surface area contributed by atoms with E-state index in [0.29, 0.717) is 22.8 Å². The van der Waals surface area contributed by atoms with E-state index in [1.165, 1.54) is 14.0 Å². The lowest BCUT2D eigenvalue weighted by Gasteiger charge is -2.15. The van der Waals surface area contributed by atoms with Gasteiger partial charge in [0.2, 0.25) is 0 Å². The van der Waals surface area contributed by atoms with Gasteiger partial charge in [-0.25, -0.2) is 4.79 Å². The summed E-state index contributed by atoms with van der Waals surface area (Å²) in [4.78, 5) is 24.6. The van der Waals surface area contributed by atoms with Gasteiger partial charge in [0.05, 0.1) is 12.8 Å². The van der Waals surface area contributed by atoms with Crippen LogP contribution in [0.5, 0.6) is 11.5 Å². The molecular weight excluding hydrogens is 398 g/mol. The van der Waals surface area contributed by atoms with Gasteiger partial charge in [0.15, 0.2) is 12.7 Å². The summed E-state index contributed by atoms with van der Waals surface area (Å²) in [6.07, 6.45) is -1.03. The number of fused-ring (bicyclic) bond motifs is 3. The number of ether oxygens (including phenoxy) is 3. The van der Waals surface area contributed by atoms with E-state index < -0.39 is 18.0 Å². The number of methoxy groups -OCH3 is 1. The number of carbonyl (C=O) groups is 2. The van der Waals surface area contributed by atoms with Crippen molar-refractivity contribution in [2.24, 2.45) is 0 Å². The normalized spacial score (nSPS) is 11.8. The molecule has 4 rings (SSSR count). The molecular formula is C24H21NO6. The van der Waals surface area contributed by atoms with Crippen LogP contribution in [-0.4, -0.2) is 31.7 Å². The smallest absolute Gasteiger partial charge is 0.344 e. The zero-order chi connectivity index (χ0) is 21.8. The number of carbonyl (C=O) groups excluding carboxylic acids is 2. The first-order valence-corrected chi connectivity index (χ1v) is 9.72. The fourth-order valence-electron chi connectivity index (χ4n) is 3.20. The minimum atomic E-state index is -1.03. The molecule has 1 aromatic heterocycles. The molecule has 7 nitrogen and oxygen atoms in total. The Kier molecular flexibility index (Phi) is 5.75. The van der Waals surface area contributed by atoms with Crippen molar-refractivity contribution < 1.29 is 28.2 Å².